The molecule has 7 heteroatoms. The van der Waals surface area contributed by atoms with Crippen LogP contribution in [0.4, 0.5) is 8.78 Å². The van der Waals surface area contributed by atoms with Crippen molar-refractivity contribution >= 4 is 9.84 Å². The van der Waals surface area contributed by atoms with E-state index in [9.17, 15) is 17.2 Å². The highest BCUT2D eigenvalue weighted by Crippen LogP contribution is 2.37. The van der Waals surface area contributed by atoms with Crippen LogP contribution in [0.25, 0.3) is 0 Å². The molecule has 3 unspecified atom stereocenters. The van der Waals surface area contributed by atoms with Crippen molar-refractivity contribution in [1.29, 1.82) is 0 Å². The Morgan fingerprint density at radius 3 is 2.62 bits per heavy atom. The molecule has 118 valence electrons. The summed E-state index contributed by atoms with van der Waals surface area (Å²) in [7, 11) is -3.12. The number of nitrogens with two attached hydrogens (primary N) is 1. The van der Waals surface area contributed by atoms with Crippen molar-refractivity contribution < 1.29 is 17.2 Å². The van der Waals surface area contributed by atoms with Crippen LogP contribution < -0.4 is 11.3 Å². The van der Waals surface area contributed by atoms with E-state index in [1.807, 2.05) is 0 Å². The van der Waals surface area contributed by atoms with Gasteiger partial charge >= 0.3 is 0 Å². The summed E-state index contributed by atoms with van der Waals surface area (Å²) in [5, 5.41) is -0.421. The van der Waals surface area contributed by atoms with Crippen molar-refractivity contribution in [2.24, 2.45) is 11.8 Å². The molecule has 1 aromatic rings. The first-order chi connectivity index (χ1) is 9.82. The van der Waals surface area contributed by atoms with Crippen LogP contribution in [0.15, 0.2) is 18.2 Å². The lowest BCUT2D eigenvalue weighted by atomic mass is 9.81. The monoisotopic (exact) mass is 318 g/mol. The van der Waals surface area contributed by atoms with E-state index in [0.29, 0.717) is 12.8 Å². The molecule has 0 spiro atoms. The zero-order valence-electron chi connectivity index (χ0n) is 11.9. The van der Waals surface area contributed by atoms with Gasteiger partial charge in [0, 0.05) is 17.9 Å². The molecule has 0 saturated heterocycles. The average Bonchev–Trinajstić information content (AvgIpc) is 2.41. The van der Waals surface area contributed by atoms with Gasteiger partial charge in [0.05, 0.1) is 11.3 Å². The maximum absolute atomic E-state index is 13.9. The lowest BCUT2D eigenvalue weighted by Gasteiger charge is -2.33. The summed E-state index contributed by atoms with van der Waals surface area (Å²) in [4.78, 5) is 0. The molecule has 4 nitrogen and oxygen atoms in total. The van der Waals surface area contributed by atoms with Crippen LogP contribution in [-0.4, -0.2) is 19.9 Å². The summed E-state index contributed by atoms with van der Waals surface area (Å²) in [5.41, 5.74) is 2.84. The summed E-state index contributed by atoms with van der Waals surface area (Å²) < 4.78 is 50.4. The van der Waals surface area contributed by atoms with Gasteiger partial charge in [-0.15, -0.1) is 0 Å². The van der Waals surface area contributed by atoms with Crippen LogP contribution in [0.1, 0.15) is 37.3 Å². The Bertz CT molecular complexity index is 607. The lowest BCUT2D eigenvalue weighted by Crippen LogP contribution is -2.38. The molecule has 21 heavy (non-hydrogen) atoms. The molecule has 0 aromatic heterocycles. The minimum absolute atomic E-state index is 0.0940. The lowest BCUT2D eigenvalue weighted by molar-refractivity contribution is 0.269. The first kappa shape index (κ1) is 16.3. The molecule has 1 fully saturated rings. The Labute approximate surface area is 123 Å². The van der Waals surface area contributed by atoms with E-state index in [0.717, 1.165) is 18.9 Å². The van der Waals surface area contributed by atoms with Gasteiger partial charge in [-0.25, -0.2) is 17.2 Å². The molecule has 0 amide bonds. The highest BCUT2D eigenvalue weighted by Gasteiger charge is 2.34. The molecule has 0 bridgehead atoms. The predicted molar refractivity (Wildman–Crippen MR) is 77.0 cm³/mol. The SMILES string of the molecule is CS(=O)(=O)C1CCCC(C(NN)c2ccc(F)cc2F)C1. The maximum atomic E-state index is 13.9. The highest BCUT2D eigenvalue weighted by molar-refractivity contribution is 7.91. The minimum Gasteiger partial charge on any atom is -0.271 e. The van der Waals surface area contributed by atoms with Crippen LogP contribution >= 0.6 is 0 Å². The topological polar surface area (TPSA) is 72.2 Å². The second-order valence-corrected chi connectivity index (χ2v) is 8.01. The number of benzene rings is 1. The Kier molecular flexibility index (Phi) is 4.95. The van der Waals surface area contributed by atoms with E-state index in [1.165, 1.54) is 18.4 Å². The van der Waals surface area contributed by atoms with Crippen LogP contribution in [0, 0.1) is 17.6 Å². The smallest absolute Gasteiger partial charge is 0.150 e. The van der Waals surface area contributed by atoms with E-state index in [-0.39, 0.29) is 11.5 Å². The normalized spacial score (nSPS) is 24.8. The number of nitrogens with one attached hydrogen (secondary N) is 1. The number of halogens is 2. The maximum Gasteiger partial charge on any atom is 0.150 e. The molecule has 1 saturated carbocycles. The zero-order valence-corrected chi connectivity index (χ0v) is 12.7. The molecular weight excluding hydrogens is 298 g/mol. The third-order valence-electron chi connectivity index (χ3n) is 4.22. The Morgan fingerprint density at radius 2 is 2.05 bits per heavy atom. The second-order valence-electron chi connectivity index (χ2n) is 5.69. The fraction of sp³-hybridized carbons (Fsp3) is 0.571. The third kappa shape index (κ3) is 3.78. The summed E-state index contributed by atoms with van der Waals surface area (Å²) in [6.07, 6.45) is 3.80. The van der Waals surface area contributed by atoms with Crippen LogP contribution in [0.3, 0.4) is 0 Å². The summed E-state index contributed by atoms with van der Waals surface area (Å²) >= 11 is 0. The molecule has 3 atom stereocenters. The molecule has 3 N–H and O–H groups in total. The molecule has 2 rings (SSSR count). The van der Waals surface area contributed by atoms with Gasteiger partial charge in [0.2, 0.25) is 0 Å². The first-order valence-electron chi connectivity index (χ1n) is 6.93. The third-order valence-corrected chi connectivity index (χ3v) is 5.86. The van der Waals surface area contributed by atoms with Crippen LogP contribution in [0.5, 0.6) is 0 Å². The summed E-state index contributed by atoms with van der Waals surface area (Å²) in [6, 6.07) is 2.84. The Balaban J connectivity index is 2.24. The number of sulfone groups is 1. The fourth-order valence-electron chi connectivity index (χ4n) is 3.11. The summed E-state index contributed by atoms with van der Waals surface area (Å²) in [6.45, 7) is 0. The van der Waals surface area contributed by atoms with E-state index >= 15 is 0 Å². The average molecular weight is 318 g/mol. The first-order valence-corrected chi connectivity index (χ1v) is 8.88. The van der Waals surface area contributed by atoms with E-state index < -0.39 is 32.8 Å². The number of hydrazine groups is 1. The minimum atomic E-state index is -3.12. The molecule has 1 aliphatic rings. The van der Waals surface area contributed by atoms with Crippen molar-refractivity contribution in [2.75, 3.05) is 6.26 Å². The molecule has 1 aromatic carbocycles. The Hall–Kier alpha value is -1.05. The molecule has 0 aliphatic heterocycles. The van der Waals surface area contributed by atoms with Gasteiger partial charge in [-0.05, 0) is 31.2 Å². The van der Waals surface area contributed by atoms with Crippen molar-refractivity contribution in [2.45, 2.75) is 37.0 Å². The second kappa shape index (κ2) is 6.37. The van der Waals surface area contributed by atoms with Gasteiger partial charge in [0.1, 0.15) is 21.5 Å². The number of hydrogen-bond donors (Lipinski definition) is 2. The number of hydrogen-bond acceptors (Lipinski definition) is 4. The van der Waals surface area contributed by atoms with Gasteiger partial charge in [0.15, 0.2) is 0 Å². The molecule has 0 radical (unpaired) electrons. The largest absolute Gasteiger partial charge is 0.271 e. The number of rotatable bonds is 4. The van der Waals surface area contributed by atoms with Gasteiger partial charge < -0.3 is 0 Å². The quantitative estimate of drug-likeness (QED) is 0.658. The van der Waals surface area contributed by atoms with Gasteiger partial charge in [-0.3, -0.25) is 11.3 Å². The molecular formula is C14H20F2N2O2S. The van der Waals surface area contributed by atoms with E-state index in [2.05, 4.69) is 5.43 Å². The van der Waals surface area contributed by atoms with Gasteiger partial charge in [-0.1, -0.05) is 12.5 Å². The van der Waals surface area contributed by atoms with E-state index in [1.54, 1.807) is 0 Å². The van der Waals surface area contributed by atoms with E-state index in [4.69, 9.17) is 5.84 Å². The highest BCUT2D eigenvalue weighted by atomic mass is 32.2. The van der Waals surface area contributed by atoms with Crippen molar-refractivity contribution in [1.82, 2.24) is 5.43 Å². The van der Waals surface area contributed by atoms with Crippen LogP contribution in [0.2, 0.25) is 0 Å². The molecule has 0 heterocycles. The summed E-state index contributed by atoms with van der Waals surface area (Å²) in [5.74, 6) is 4.13. The predicted octanol–water partition coefficient (Wildman–Crippen LogP) is 2.07. The van der Waals surface area contributed by atoms with Crippen LogP contribution in [-0.2, 0) is 9.84 Å². The van der Waals surface area contributed by atoms with Crippen molar-refractivity contribution in [3.05, 3.63) is 35.4 Å². The van der Waals surface area contributed by atoms with Crippen molar-refractivity contribution in [3.8, 4) is 0 Å². The van der Waals surface area contributed by atoms with Gasteiger partial charge in [-0.2, -0.15) is 0 Å². The zero-order chi connectivity index (χ0) is 15.6. The van der Waals surface area contributed by atoms with Crippen molar-refractivity contribution in [3.63, 3.8) is 0 Å². The fourth-order valence-corrected chi connectivity index (χ4v) is 4.30. The van der Waals surface area contributed by atoms with Gasteiger partial charge in [0.25, 0.3) is 0 Å². The molecule has 1 aliphatic carbocycles. The Morgan fingerprint density at radius 1 is 1.33 bits per heavy atom. The standard InChI is InChI=1S/C14H20F2N2O2S/c1-21(19,20)11-4-2-3-9(7-11)14(18-17)12-6-5-10(15)8-13(12)16/h5-6,8-9,11,14,18H,2-4,7,17H2,1H3.